The lowest BCUT2D eigenvalue weighted by atomic mass is 10.1. The minimum absolute atomic E-state index is 0.0140. The van der Waals surface area contributed by atoms with Gasteiger partial charge in [0, 0.05) is 12.8 Å². The molecule has 0 radical (unpaired) electrons. The van der Waals surface area contributed by atoms with E-state index >= 15 is 0 Å². The first-order valence-corrected chi connectivity index (χ1v) is 10.7. The fourth-order valence-corrected chi connectivity index (χ4v) is 4.27. The first-order chi connectivity index (χ1) is 14.6. The van der Waals surface area contributed by atoms with E-state index in [0.29, 0.717) is 35.5 Å². The second kappa shape index (κ2) is 8.91. The van der Waals surface area contributed by atoms with E-state index in [1.54, 1.807) is 11.9 Å². The van der Waals surface area contributed by atoms with Crippen molar-refractivity contribution in [2.24, 2.45) is 0 Å². The number of amides is 1. The summed E-state index contributed by atoms with van der Waals surface area (Å²) in [5, 5.41) is 20.7. The molecule has 4 rings (SSSR count). The molecular formula is C22H24N4O3S. The summed E-state index contributed by atoms with van der Waals surface area (Å²) in [6.07, 6.45) is -1.11. The zero-order valence-electron chi connectivity index (χ0n) is 16.7. The van der Waals surface area contributed by atoms with Crippen molar-refractivity contribution in [3.8, 4) is 0 Å². The predicted octanol–water partition coefficient (Wildman–Crippen LogP) is 2.38. The third-order valence-corrected chi connectivity index (χ3v) is 6.00. The molecule has 1 aliphatic heterocycles. The quantitative estimate of drug-likeness (QED) is 0.567. The van der Waals surface area contributed by atoms with Crippen LogP contribution in [-0.2, 0) is 13.1 Å². The lowest BCUT2D eigenvalue weighted by Gasteiger charge is -2.38. The molecule has 1 atom stereocenters. The van der Waals surface area contributed by atoms with Crippen LogP contribution in [0, 0.1) is 0 Å². The molecule has 2 heterocycles. The average Bonchev–Trinajstić information content (AvgIpc) is 3.13. The van der Waals surface area contributed by atoms with Crippen LogP contribution in [0.25, 0.3) is 0 Å². The van der Waals surface area contributed by atoms with E-state index in [4.69, 9.17) is 0 Å². The minimum atomic E-state index is -1.11. The number of imidazole rings is 1. The molecule has 30 heavy (non-hydrogen) atoms. The van der Waals surface area contributed by atoms with Crippen LogP contribution in [0.3, 0.4) is 0 Å². The van der Waals surface area contributed by atoms with Gasteiger partial charge in [-0.15, -0.1) is 0 Å². The number of aliphatic hydroxyl groups excluding tert-OH is 2. The van der Waals surface area contributed by atoms with Gasteiger partial charge >= 0.3 is 0 Å². The Morgan fingerprint density at radius 1 is 1.00 bits per heavy atom. The number of fused-ring (bicyclic) bond motifs is 1. The number of hydrogen-bond donors (Lipinski definition) is 2. The summed E-state index contributed by atoms with van der Waals surface area (Å²) in [4.78, 5) is 21.2. The van der Waals surface area contributed by atoms with Gasteiger partial charge in [0.25, 0.3) is 5.91 Å². The summed E-state index contributed by atoms with van der Waals surface area (Å²) in [6, 6.07) is 19.5. The largest absolute Gasteiger partial charge is 0.396 e. The molecule has 0 aliphatic carbocycles. The van der Waals surface area contributed by atoms with E-state index in [9.17, 15) is 15.0 Å². The molecule has 0 spiro atoms. The average molecular weight is 425 g/mol. The predicted molar refractivity (Wildman–Crippen MR) is 116 cm³/mol. The number of carbonyl (C=O) groups excluding carboxylic acids is 1. The zero-order chi connectivity index (χ0) is 21.1. The van der Waals surface area contributed by atoms with Crippen LogP contribution in [0.1, 0.15) is 21.6 Å². The molecule has 3 aromatic rings. The first-order valence-electron chi connectivity index (χ1n) is 9.74. The molecule has 1 unspecified atom stereocenters. The van der Waals surface area contributed by atoms with Crippen molar-refractivity contribution in [3.05, 3.63) is 77.5 Å². The van der Waals surface area contributed by atoms with Crippen LogP contribution in [0.15, 0.2) is 65.8 Å². The topological polar surface area (TPSA) is 81.8 Å². The molecule has 0 saturated heterocycles. The number of anilines is 1. The Bertz CT molecular complexity index is 1010. The maximum absolute atomic E-state index is 13.5. The SMILES string of the molecule is CN1c2nc(SCCO)n(Cc3ccccc3)c2C(=O)N(Cc2ccccc2)C1O. The van der Waals surface area contributed by atoms with E-state index in [-0.39, 0.29) is 12.5 Å². The van der Waals surface area contributed by atoms with Gasteiger partial charge in [-0.05, 0) is 11.1 Å². The highest BCUT2D eigenvalue weighted by Gasteiger charge is 2.39. The molecule has 8 heteroatoms. The lowest BCUT2D eigenvalue weighted by Crippen LogP contribution is -2.53. The summed E-state index contributed by atoms with van der Waals surface area (Å²) in [7, 11) is 1.73. The molecule has 1 amide bonds. The fraction of sp³-hybridized carbons (Fsp3) is 0.273. The van der Waals surface area contributed by atoms with Gasteiger partial charge < -0.3 is 19.7 Å². The number of aliphatic hydroxyl groups is 2. The van der Waals surface area contributed by atoms with Crippen molar-refractivity contribution in [2.45, 2.75) is 24.6 Å². The van der Waals surface area contributed by atoms with E-state index in [1.165, 1.54) is 16.7 Å². The third-order valence-electron chi connectivity index (χ3n) is 5.04. The summed E-state index contributed by atoms with van der Waals surface area (Å²) < 4.78 is 1.88. The van der Waals surface area contributed by atoms with Gasteiger partial charge in [-0.1, -0.05) is 72.4 Å². The number of carbonyl (C=O) groups is 1. The Kier molecular flexibility index (Phi) is 6.08. The van der Waals surface area contributed by atoms with Gasteiger partial charge in [0.2, 0.25) is 6.35 Å². The zero-order valence-corrected chi connectivity index (χ0v) is 17.5. The van der Waals surface area contributed by atoms with Crippen molar-refractivity contribution in [1.29, 1.82) is 0 Å². The second-order valence-electron chi connectivity index (χ2n) is 7.09. The van der Waals surface area contributed by atoms with Crippen molar-refractivity contribution >= 4 is 23.5 Å². The number of rotatable bonds is 7. The van der Waals surface area contributed by atoms with Crippen molar-refractivity contribution < 1.29 is 15.0 Å². The van der Waals surface area contributed by atoms with Gasteiger partial charge in [0.05, 0.1) is 19.7 Å². The van der Waals surface area contributed by atoms with Crippen molar-refractivity contribution in [1.82, 2.24) is 14.5 Å². The molecule has 7 nitrogen and oxygen atoms in total. The highest BCUT2D eigenvalue weighted by atomic mass is 32.2. The van der Waals surface area contributed by atoms with Crippen molar-refractivity contribution in [2.75, 3.05) is 24.3 Å². The standard InChI is InChI=1S/C22H24N4O3S/c1-24-19-18(20(28)26(22(24)29)15-17-10-6-3-7-11-17)25(21(23-19)30-13-12-27)14-16-8-4-2-5-9-16/h2-11,22,27,29H,12-15H2,1H3. The number of nitrogens with zero attached hydrogens (tertiary/aromatic N) is 4. The highest BCUT2D eigenvalue weighted by Crippen LogP contribution is 2.34. The van der Waals surface area contributed by atoms with Crippen LogP contribution in [0.4, 0.5) is 5.82 Å². The number of thioether (sulfide) groups is 1. The monoisotopic (exact) mass is 424 g/mol. The normalized spacial score (nSPS) is 16.1. The minimum Gasteiger partial charge on any atom is -0.396 e. The van der Waals surface area contributed by atoms with Crippen LogP contribution >= 0.6 is 11.8 Å². The van der Waals surface area contributed by atoms with Gasteiger partial charge in [0.15, 0.2) is 16.7 Å². The second-order valence-corrected chi connectivity index (χ2v) is 8.15. The summed E-state index contributed by atoms with van der Waals surface area (Å²) in [6.45, 7) is 0.784. The van der Waals surface area contributed by atoms with Crippen LogP contribution in [-0.4, -0.2) is 56.3 Å². The molecule has 2 N–H and O–H groups in total. The summed E-state index contributed by atoms with van der Waals surface area (Å²) in [5.74, 6) is 0.658. The summed E-state index contributed by atoms with van der Waals surface area (Å²) >= 11 is 1.39. The first kappa shape index (κ1) is 20.5. The van der Waals surface area contributed by atoms with Crippen LogP contribution in [0.5, 0.6) is 0 Å². The molecule has 1 aliphatic rings. The lowest BCUT2D eigenvalue weighted by molar-refractivity contribution is -0.000806. The Balaban J connectivity index is 1.75. The Morgan fingerprint density at radius 3 is 2.20 bits per heavy atom. The van der Waals surface area contributed by atoms with E-state index in [0.717, 1.165) is 11.1 Å². The maximum atomic E-state index is 13.5. The number of hydrogen-bond acceptors (Lipinski definition) is 6. The van der Waals surface area contributed by atoms with Crippen molar-refractivity contribution in [3.63, 3.8) is 0 Å². The van der Waals surface area contributed by atoms with Gasteiger partial charge in [0.1, 0.15) is 0 Å². The number of benzene rings is 2. The molecule has 156 valence electrons. The molecule has 0 bridgehead atoms. The molecule has 2 aromatic carbocycles. The van der Waals surface area contributed by atoms with Gasteiger partial charge in [-0.2, -0.15) is 0 Å². The van der Waals surface area contributed by atoms with E-state index < -0.39 is 6.35 Å². The van der Waals surface area contributed by atoms with E-state index in [2.05, 4.69) is 4.98 Å². The Labute approximate surface area is 179 Å². The molecular weight excluding hydrogens is 400 g/mol. The van der Waals surface area contributed by atoms with Crippen LogP contribution < -0.4 is 4.90 Å². The third kappa shape index (κ3) is 3.94. The molecule has 0 fully saturated rings. The highest BCUT2D eigenvalue weighted by molar-refractivity contribution is 7.99. The molecule has 1 aromatic heterocycles. The Hall–Kier alpha value is -2.81. The smallest absolute Gasteiger partial charge is 0.278 e. The van der Waals surface area contributed by atoms with Gasteiger partial charge in [-0.25, -0.2) is 4.98 Å². The molecule has 0 saturated carbocycles. The van der Waals surface area contributed by atoms with E-state index in [1.807, 2.05) is 65.2 Å². The Morgan fingerprint density at radius 2 is 1.60 bits per heavy atom. The van der Waals surface area contributed by atoms with Crippen LogP contribution in [0.2, 0.25) is 0 Å². The summed E-state index contributed by atoms with van der Waals surface area (Å²) in [5.41, 5.74) is 2.42. The van der Waals surface area contributed by atoms with Gasteiger partial charge in [-0.3, -0.25) is 9.69 Å². The fourth-order valence-electron chi connectivity index (χ4n) is 3.53. The number of aromatic nitrogens is 2. The maximum Gasteiger partial charge on any atom is 0.278 e.